The van der Waals surface area contributed by atoms with Crippen LogP contribution < -0.4 is 0 Å². The molecule has 2 aromatic heterocycles. The van der Waals surface area contributed by atoms with Crippen molar-refractivity contribution in [2.75, 3.05) is 13.1 Å². The van der Waals surface area contributed by atoms with Gasteiger partial charge in [-0.05, 0) is 32.4 Å². The highest BCUT2D eigenvalue weighted by Crippen LogP contribution is 2.35. The van der Waals surface area contributed by atoms with Crippen LogP contribution in [0.3, 0.4) is 0 Å². The summed E-state index contributed by atoms with van der Waals surface area (Å²) < 4.78 is 27.0. The number of carboxylic acids is 1. The van der Waals surface area contributed by atoms with Crippen LogP contribution in [-0.2, 0) is 14.8 Å². The Kier molecular flexibility index (Phi) is 4.71. The number of rotatable bonds is 4. The number of β-amino-alcohol motifs (C(OH)–C–C–N with tert-alkyl or cyclic N) is 1. The second kappa shape index (κ2) is 6.52. The first-order chi connectivity index (χ1) is 11.7. The number of sulfonamides is 1. The number of aromatic nitrogens is 2. The standard InChI is InChI=1S/C15H19N3O5S2/c1-8-5-11(17-16-8)13-6-14(9(2)24-13)25(22,23)18-4-3-10(15(20)21)12(19)7-18/h5-6,10,12,19H,3-4,7H2,1-2H3,(H,16,17)(H,20,21)/t10-,12+/m0/s1. The van der Waals surface area contributed by atoms with Gasteiger partial charge in [0.05, 0.1) is 21.8 Å². The Bertz CT molecular complexity index is 902. The molecule has 0 amide bonds. The number of nitrogens with zero attached hydrogens (tertiary/aromatic N) is 2. The van der Waals surface area contributed by atoms with E-state index in [0.29, 0.717) is 10.6 Å². The lowest BCUT2D eigenvalue weighted by Gasteiger charge is -2.33. The fourth-order valence-corrected chi connectivity index (χ4v) is 5.93. The molecule has 2 aromatic rings. The lowest BCUT2D eigenvalue weighted by atomic mass is 9.95. The van der Waals surface area contributed by atoms with Gasteiger partial charge in [-0.15, -0.1) is 11.3 Å². The van der Waals surface area contributed by atoms with Gasteiger partial charge in [-0.1, -0.05) is 0 Å². The molecule has 136 valence electrons. The molecule has 1 aliphatic heterocycles. The maximum atomic E-state index is 12.9. The first-order valence-electron chi connectivity index (χ1n) is 7.74. The molecule has 3 N–H and O–H groups in total. The molecule has 0 spiro atoms. The summed E-state index contributed by atoms with van der Waals surface area (Å²) in [6, 6.07) is 3.42. The van der Waals surface area contributed by atoms with E-state index in [2.05, 4.69) is 10.2 Å². The van der Waals surface area contributed by atoms with E-state index >= 15 is 0 Å². The maximum Gasteiger partial charge on any atom is 0.309 e. The normalized spacial score (nSPS) is 22.2. The number of aliphatic hydroxyl groups is 1. The quantitative estimate of drug-likeness (QED) is 0.727. The van der Waals surface area contributed by atoms with Crippen molar-refractivity contribution in [3.8, 4) is 10.6 Å². The smallest absolute Gasteiger partial charge is 0.309 e. The third-order valence-corrected chi connectivity index (χ3v) is 7.50. The van der Waals surface area contributed by atoms with Crippen LogP contribution in [0.25, 0.3) is 10.6 Å². The summed E-state index contributed by atoms with van der Waals surface area (Å²) in [5.41, 5.74) is 1.56. The zero-order chi connectivity index (χ0) is 18.4. The molecule has 3 heterocycles. The van der Waals surface area contributed by atoms with E-state index in [1.165, 1.54) is 11.3 Å². The molecule has 0 aliphatic carbocycles. The highest BCUT2D eigenvalue weighted by molar-refractivity contribution is 7.89. The topological polar surface area (TPSA) is 124 Å². The van der Waals surface area contributed by atoms with Crippen molar-refractivity contribution in [3.05, 3.63) is 22.7 Å². The zero-order valence-electron chi connectivity index (χ0n) is 13.8. The van der Waals surface area contributed by atoms with Gasteiger partial charge in [0.15, 0.2) is 0 Å². The Balaban J connectivity index is 1.88. The zero-order valence-corrected chi connectivity index (χ0v) is 15.4. The molecule has 0 bridgehead atoms. The second-order valence-electron chi connectivity index (χ2n) is 6.13. The Labute approximate surface area is 149 Å². The Morgan fingerprint density at radius 1 is 1.40 bits per heavy atom. The van der Waals surface area contributed by atoms with Crippen LogP contribution in [0, 0.1) is 19.8 Å². The SMILES string of the molecule is Cc1cc(-c2cc(S(=O)(=O)N3CC[C@H](C(=O)O)[C@H](O)C3)c(C)s2)n[nH]1. The maximum absolute atomic E-state index is 12.9. The fourth-order valence-electron chi connectivity index (χ4n) is 2.94. The van der Waals surface area contributed by atoms with Crippen LogP contribution in [0.1, 0.15) is 17.0 Å². The third kappa shape index (κ3) is 3.34. The molecule has 1 saturated heterocycles. The van der Waals surface area contributed by atoms with Gasteiger partial charge in [-0.2, -0.15) is 9.40 Å². The van der Waals surface area contributed by atoms with Gasteiger partial charge in [-0.3, -0.25) is 9.89 Å². The van der Waals surface area contributed by atoms with Gasteiger partial charge in [0, 0.05) is 23.7 Å². The highest BCUT2D eigenvalue weighted by atomic mass is 32.2. The minimum absolute atomic E-state index is 0.0719. The molecule has 3 rings (SSSR count). The van der Waals surface area contributed by atoms with E-state index in [1.807, 2.05) is 13.0 Å². The van der Waals surface area contributed by atoms with E-state index in [0.717, 1.165) is 14.9 Å². The summed E-state index contributed by atoms with van der Waals surface area (Å²) in [5.74, 6) is -2.04. The average molecular weight is 385 g/mol. The molecule has 1 fully saturated rings. The number of aliphatic carboxylic acids is 1. The molecule has 0 saturated carbocycles. The molecular weight excluding hydrogens is 366 g/mol. The molecule has 2 atom stereocenters. The van der Waals surface area contributed by atoms with Crippen molar-refractivity contribution in [1.82, 2.24) is 14.5 Å². The van der Waals surface area contributed by atoms with Crippen molar-refractivity contribution in [3.63, 3.8) is 0 Å². The third-order valence-electron chi connectivity index (χ3n) is 4.31. The minimum Gasteiger partial charge on any atom is -0.481 e. The Morgan fingerprint density at radius 3 is 2.68 bits per heavy atom. The summed E-state index contributed by atoms with van der Waals surface area (Å²) in [6.07, 6.45) is -1.13. The molecule has 1 aliphatic rings. The van der Waals surface area contributed by atoms with Crippen molar-refractivity contribution in [2.45, 2.75) is 31.3 Å². The van der Waals surface area contributed by atoms with Gasteiger partial charge >= 0.3 is 5.97 Å². The number of H-pyrrole nitrogens is 1. The van der Waals surface area contributed by atoms with Crippen LogP contribution >= 0.6 is 11.3 Å². The number of thiophene rings is 1. The lowest BCUT2D eigenvalue weighted by Crippen LogP contribution is -2.48. The number of hydrogen-bond donors (Lipinski definition) is 3. The Hall–Kier alpha value is -1.75. The average Bonchev–Trinajstić information content (AvgIpc) is 3.13. The van der Waals surface area contributed by atoms with Crippen LogP contribution in [0.4, 0.5) is 0 Å². The lowest BCUT2D eigenvalue weighted by molar-refractivity contribution is -0.147. The molecule has 0 radical (unpaired) electrons. The molecular formula is C15H19N3O5S2. The fraction of sp³-hybridized carbons (Fsp3) is 0.467. The monoisotopic (exact) mass is 385 g/mol. The number of aliphatic hydroxyl groups excluding tert-OH is 1. The largest absolute Gasteiger partial charge is 0.481 e. The predicted molar refractivity (Wildman–Crippen MR) is 91.9 cm³/mol. The van der Waals surface area contributed by atoms with Crippen LogP contribution in [0.2, 0.25) is 0 Å². The number of nitrogens with one attached hydrogen (secondary N) is 1. The second-order valence-corrected chi connectivity index (χ2v) is 9.29. The van der Waals surface area contributed by atoms with Crippen LogP contribution in [0.5, 0.6) is 0 Å². The van der Waals surface area contributed by atoms with Gasteiger partial charge < -0.3 is 10.2 Å². The number of aromatic amines is 1. The first kappa shape index (κ1) is 18.1. The molecule has 0 aromatic carbocycles. The number of carbonyl (C=O) groups is 1. The van der Waals surface area contributed by atoms with E-state index in [9.17, 15) is 18.3 Å². The summed E-state index contributed by atoms with van der Waals surface area (Å²) in [6.45, 7) is 3.44. The molecule has 25 heavy (non-hydrogen) atoms. The van der Waals surface area contributed by atoms with Crippen LogP contribution in [0.15, 0.2) is 17.0 Å². The van der Waals surface area contributed by atoms with Crippen molar-refractivity contribution < 1.29 is 23.4 Å². The van der Waals surface area contributed by atoms with E-state index in [1.54, 1.807) is 13.0 Å². The summed E-state index contributed by atoms with van der Waals surface area (Å²) in [7, 11) is -3.80. The number of carboxylic acid groups (broad SMARTS) is 1. The number of aryl methyl sites for hydroxylation is 2. The first-order valence-corrected chi connectivity index (χ1v) is 9.99. The summed E-state index contributed by atoms with van der Waals surface area (Å²) >= 11 is 1.33. The summed E-state index contributed by atoms with van der Waals surface area (Å²) in [4.78, 5) is 12.6. The van der Waals surface area contributed by atoms with Gasteiger partial charge in [-0.25, -0.2) is 8.42 Å². The molecule has 10 heteroatoms. The van der Waals surface area contributed by atoms with Crippen LogP contribution in [-0.4, -0.2) is 58.3 Å². The van der Waals surface area contributed by atoms with Crippen molar-refractivity contribution in [1.29, 1.82) is 0 Å². The van der Waals surface area contributed by atoms with E-state index < -0.39 is 28.0 Å². The number of piperidine rings is 1. The van der Waals surface area contributed by atoms with E-state index in [4.69, 9.17) is 5.11 Å². The molecule has 0 unspecified atom stereocenters. The minimum atomic E-state index is -3.80. The van der Waals surface area contributed by atoms with Crippen molar-refractivity contribution in [2.24, 2.45) is 5.92 Å². The molecule has 8 nitrogen and oxygen atoms in total. The Morgan fingerprint density at radius 2 is 2.12 bits per heavy atom. The number of hydrogen-bond acceptors (Lipinski definition) is 6. The predicted octanol–water partition coefficient (Wildman–Crippen LogP) is 1.21. The highest BCUT2D eigenvalue weighted by Gasteiger charge is 2.38. The van der Waals surface area contributed by atoms with Gasteiger partial charge in [0.2, 0.25) is 10.0 Å². The van der Waals surface area contributed by atoms with Crippen molar-refractivity contribution >= 4 is 27.3 Å². The van der Waals surface area contributed by atoms with Gasteiger partial charge in [0.1, 0.15) is 5.69 Å². The van der Waals surface area contributed by atoms with Gasteiger partial charge in [0.25, 0.3) is 0 Å². The van der Waals surface area contributed by atoms with E-state index in [-0.39, 0.29) is 24.4 Å². The summed E-state index contributed by atoms with van der Waals surface area (Å²) in [5, 5.41) is 26.0.